The number of hydrogen-bond donors (Lipinski definition) is 0. The molecule has 0 radical (unpaired) electrons. The highest BCUT2D eigenvalue weighted by molar-refractivity contribution is 5.99. The van der Waals surface area contributed by atoms with E-state index in [0.717, 1.165) is 43.1 Å². The number of carbonyl (C=O) groups is 2. The summed E-state index contributed by atoms with van der Waals surface area (Å²) >= 11 is 0. The molecule has 2 heterocycles. The summed E-state index contributed by atoms with van der Waals surface area (Å²) in [6.45, 7) is 1.85. The van der Waals surface area contributed by atoms with E-state index >= 15 is 0 Å². The minimum absolute atomic E-state index is 0.0253. The summed E-state index contributed by atoms with van der Waals surface area (Å²) in [5.41, 5.74) is 1.75. The van der Waals surface area contributed by atoms with Crippen LogP contribution >= 0.6 is 0 Å². The number of carbonyl (C=O) groups excluding carboxylic acids is 2. The standard InChI is InChI=1S/C24H24N2O7/c1-31-23(28)16-8-15(9-18(10-16)26(29)30)22(27)25-13-17-11-20-21(33-7-6-32-20)12-19(17)24(14-25)4-2-3-5-24/h8-12H,2-7,13-14H2,1H3. The van der Waals surface area contributed by atoms with E-state index in [4.69, 9.17) is 14.2 Å². The monoisotopic (exact) mass is 452 g/mol. The summed E-state index contributed by atoms with van der Waals surface area (Å²) < 4.78 is 16.3. The number of amides is 1. The lowest BCUT2D eigenvalue weighted by molar-refractivity contribution is -0.384. The van der Waals surface area contributed by atoms with Crippen molar-refractivity contribution in [2.24, 2.45) is 0 Å². The molecular formula is C24H24N2O7. The van der Waals surface area contributed by atoms with Gasteiger partial charge in [-0.15, -0.1) is 0 Å². The number of non-ortho nitro benzene ring substituents is 1. The number of benzene rings is 2. The van der Waals surface area contributed by atoms with Gasteiger partial charge in [0.15, 0.2) is 11.5 Å². The molecular weight excluding hydrogens is 428 g/mol. The third-order valence-electron chi connectivity index (χ3n) is 6.84. The first-order chi connectivity index (χ1) is 15.9. The Bertz CT molecular complexity index is 1150. The molecule has 0 N–H and O–H groups in total. The number of esters is 1. The van der Waals surface area contributed by atoms with Gasteiger partial charge in [-0.2, -0.15) is 0 Å². The summed E-state index contributed by atoms with van der Waals surface area (Å²) in [6, 6.07) is 7.73. The third kappa shape index (κ3) is 3.67. The fraction of sp³-hybridized carbons (Fsp3) is 0.417. The van der Waals surface area contributed by atoms with Crippen molar-refractivity contribution in [1.82, 2.24) is 4.90 Å². The molecule has 1 aliphatic carbocycles. The molecule has 2 aromatic carbocycles. The molecule has 3 aliphatic rings. The average Bonchev–Trinajstić information content (AvgIpc) is 3.30. The van der Waals surface area contributed by atoms with Crippen LogP contribution in [0, 0.1) is 10.1 Å². The lowest BCUT2D eigenvalue weighted by atomic mass is 9.73. The van der Waals surface area contributed by atoms with Gasteiger partial charge in [0.05, 0.1) is 17.6 Å². The Kier molecular flexibility index (Phi) is 5.19. The quantitative estimate of drug-likeness (QED) is 0.398. The molecule has 1 spiro atoms. The van der Waals surface area contributed by atoms with E-state index in [2.05, 4.69) is 6.07 Å². The van der Waals surface area contributed by atoms with Crippen molar-refractivity contribution in [3.8, 4) is 11.5 Å². The van der Waals surface area contributed by atoms with Crippen molar-refractivity contribution in [2.75, 3.05) is 26.9 Å². The van der Waals surface area contributed by atoms with E-state index in [0.29, 0.717) is 32.1 Å². The SMILES string of the molecule is COC(=O)c1cc(C(=O)N2Cc3cc4c(cc3C3(CCCC3)C2)OCCO4)cc([N+](=O)[O-])c1. The topological polar surface area (TPSA) is 108 Å². The largest absolute Gasteiger partial charge is 0.486 e. The molecule has 5 rings (SSSR count). The fourth-order valence-corrected chi connectivity index (χ4v) is 5.35. The molecule has 1 saturated carbocycles. The molecule has 0 atom stereocenters. The van der Waals surface area contributed by atoms with Crippen LogP contribution in [0.1, 0.15) is 57.5 Å². The summed E-state index contributed by atoms with van der Waals surface area (Å²) in [5.74, 6) is 0.335. The Balaban J connectivity index is 1.54. The maximum Gasteiger partial charge on any atom is 0.338 e. The van der Waals surface area contributed by atoms with Gasteiger partial charge in [0.2, 0.25) is 0 Å². The van der Waals surface area contributed by atoms with Gasteiger partial charge < -0.3 is 19.1 Å². The highest BCUT2D eigenvalue weighted by Gasteiger charge is 2.44. The highest BCUT2D eigenvalue weighted by atomic mass is 16.6. The second-order valence-electron chi connectivity index (χ2n) is 8.82. The number of ether oxygens (including phenoxy) is 3. The van der Waals surface area contributed by atoms with E-state index in [1.165, 1.54) is 24.8 Å². The predicted octanol–water partition coefficient (Wildman–Crippen LogP) is 3.62. The minimum atomic E-state index is -0.729. The number of rotatable bonds is 3. The van der Waals surface area contributed by atoms with Crippen LogP contribution in [0.4, 0.5) is 5.69 Å². The first-order valence-corrected chi connectivity index (χ1v) is 11.0. The molecule has 2 aliphatic heterocycles. The first-order valence-electron chi connectivity index (χ1n) is 11.0. The van der Waals surface area contributed by atoms with Crippen LogP contribution in [0.5, 0.6) is 11.5 Å². The summed E-state index contributed by atoms with van der Waals surface area (Å²) in [5, 5.41) is 11.4. The third-order valence-corrected chi connectivity index (χ3v) is 6.84. The molecule has 9 heteroatoms. The summed E-state index contributed by atoms with van der Waals surface area (Å²) in [4.78, 5) is 38.2. The Morgan fingerprint density at radius 3 is 2.36 bits per heavy atom. The fourth-order valence-electron chi connectivity index (χ4n) is 5.35. The number of methoxy groups -OCH3 is 1. The van der Waals surface area contributed by atoms with Gasteiger partial charge in [-0.3, -0.25) is 14.9 Å². The number of nitro benzene ring substituents is 1. The van der Waals surface area contributed by atoms with Crippen molar-refractivity contribution in [1.29, 1.82) is 0 Å². The number of hydrogen-bond acceptors (Lipinski definition) is 7. The zero-order chi connectivity index (χ0) is 23.2. The van der Waals surface area contributed by atoms with Crippen LogP contribution in [0.2, 0.25) is 0 Å². The normalized spacial score (nSPS) is 18.0. The molecule has 2 aromatic rings. The first kappa shape index (κ1) is 21.2. The van der Waals surface area contributed by atoms with Gasteiger partial charge >= 0.3 is 5.97 Å². The van der Waals surface area contributed by atoms with E-state index in [-0.39, 0.29) is 28.1 Å². The maximum atomic E-state index is 13.6. The Hall–Kier alpha value is -3.62. The molecule has 9 nitrogen and oxygen atoms in total. The average molecular weight is 452 g/mol. The molecule has 0 bridgehead atoms. The van der Waals surface area contributed by atoms with Gasteiger partial charge in [-0.1, -0.05) is 12.8 Å². The van der Waals surface area contributed by atoms with Crippen molar-refractivity contribution in [3.05, 3.63) is 62.7 Å². The van der Waals surface area contributed by atoms with Gasteiger partial charge in [-0.05, 0) is 42.2 Å². The van der Waals surface area contributed by atoms with Crippen LogP contribution in [0.3, 0.4) is 0 Å². The van der Waals surface area contributed by atoms with Crippen molar-refractivity contribution >= 4 is 17.6 Å². The molecule has 33 heavy (non-hydrogen) atoms. The number of fused-ring (bicyclic) bond motifs is 3. The Labute approximate surface area is 190 Å². The molecule has 0 unspecified atom stereocenters. The molecule has 0 aromatic heterocycles. The van der Waals surface area contributed by atoms with Gasteiger partial charge in [0, 0.05) is 36.2 Å². The van der Waals surface area contributed by atoms with Crippen LogP contribution in [0.15, 0.2) is 30.3 Å². The van der Waals surface area contributed by atoms with E-state index < -0.39 is 10.9 Å². The van der Waals surface area contributed by atoms with Crippen LogP contribution in [0.25, 0.3) is 0 Å². The molecule has 1 amide bonds. The maximum absolute atomic E-state index is 13.6. The highest BCUT2D eigenvalue weighted by Crippen LogP contribution is 2.49. The van der Waals surface area contributed by atoms with Crippen LogP contribution in [-0.4, -0.2) is 48.6 Å². The summed E-state index contributed by atoms with van der Waals surface area (Å²) in [7, 11) is 1.19. The number of nitro groups is 1. The lowest BCUT2D eigenvalue weighted by Gasteiger charge is -2.43. The van der Waals surface area contributed by atoms with Gasteiger partial charge in [0.25, 0.3) is 11.6 Å². The Morgan fingerprint density at radius 1 is 1.03 bits per heavy atom. The molecule has 1 fully saturated rings. The van der Waals surface area contributed by atoms with Crippen molar-refractivity contribution in [3.63, 3.8) is 0 Å². The second-order valence-corrected chi connectivity index (χ2v) is 8.82. The zero-order valence-electron chi connectivity index (χ0n) is 18.3. The van der Waals surface area contributed by atoms with E-state index in [1.807, 2.05) is 6.07 Å². The lowest BCUT2D eigenvalue weighted by Crippen LogP contribution is -2.47. The van der Waals surface area contributed by atoms with Gasteiger partial charge in [-0.25, -0.2) is 4.79 Å². The number of nitrogens with zero attached hydrogens (tertiary/aromatic N) is 2. The Morgan fingerprint density at radius 2 is 1.70 bits per heavy atom. The smallest absolute Gasteiger partial charge is 0.338 e. The van der Waals surface area contributed by atoms with Crippen molar-refractivity contribution in [2.45, 2.75) is 37.6 Å². The predicted molar refractivity (Wildman–Crippen MR) is 117 cm³/mol. The molecule has 0 saturated heterocycles. The second kappa shape index (κ2) is 8.06. The van der Waals surface area contributed by atoms with E-state index in [1.54, 1.807) is 4.90 Å². The van der Waals surface area contributed by atoms with Gasteiger partial charge in [0.1, 0.15) is 13.2 Å². The minimum Gasteiger partial charge on any atom is -0.486 e. The zero-order valence-corrected chi connectivity index (χ0v) is 18.3. The van der Waals surface area contributed by atoms with E-state index in [9.17, 15) is 19.7 Å². The molecule has 172 valence electrons. The van der Waals surface area contributed by atoms with Crippen LogP contribution in [-0.2, 0) is 16.7 Å². The van der Waals surface area contributed by atoms with Crippen molar-refractivity contribution < 1.29 is 28.7 Å². The van der Waals surface area contributed by atoms with Crippen LogP contribution < -0.4 is 9.47 Å². The summed E-state index contributed by atoms with van der Waals surface area (Å²) in [6.07, 6.45) is 4.04.